The number of hydrogen-bond acceptors (Lipinski definition) is 8. The van der Waals surface area contributed by atoms with Gasteiger partial charge in [0, 0.05) is 20.2 Å². The zero-order valence-corrected chi connectivity index (χ0v) is 16.6. The van der Waals surface area contributed by atoms with Gasteiger partial charge in [-0.25, -0.2) is 4.98 Å². The number of amides is 1. The van der Waals surface area contributed by atoms with E-state index in [4.69, 9.17) is 9.47 Å². The van der Waals surface area contributed by atoms with Crippen LogP contribution in [-0.4, -0.2) is 69.5 Å². The molecule has 3 aromatic rings. The van der Waals surface area contributed by atoms with Gasteiger partial charge < -0.3 is 14.4 Å². The number of carbonyl (C=O) groups excluding carboxylic acids is 2. The third-order valence-electron chi connectivity index (χ3n) is 4.34. The summed E-state index contributed by atoms with van der Waals surface area (Å²) in [6, 6.07) is 3.73. The molecule has 0 aliphatic rings. The van der Waals surface area contributed by atoms with Crippen molar-refractivity contribution in [2.24, 2.45) is 0 Å². The Morgan fingerprint density at radius 3 is 2.41 bits per heavy atom. The number of likely N-dealkylation sites (N-methyl/N-ethyl adjacent to an activating group) is 1. The number of rotatable bonds is 6. The van der Waals surface area contributed by atoms with Crippen LogP contribution in [0, 0.1) is 0 Å². The van der Waals surface area contributed by atoms with E-state index in [-0.39, 0.29) is 11.2 Å². The maximum Gasteiger partial charge on any atom is 0.284 e. The first-order valence-corrected chi connectivity index (χ1v) is 8.56. The zero-order chi connectivity index (χ0) is 21.3. The fraction of sp³-hybridized carbons (Fsp3) is 0.333. The first-order chi connectivity index (χ1) is 13.8. The van der Waals surface area contributed by atoms with Crippen molar-refractivity contribution < 1.29 is 19.1 Å². The van der Waals surface area contributed by atoms with Gasteiger partial charge in [-0.05, 0) is 19.1 Å². The van der Waals surface area contributed by atoms with Crippen molar-refractivity contribution in [2.45, 2.75) is 13.0 Å². The summed E-state index contributed by atoms with van der Waals surface area (Å²) in [6.45, 7) is 1.24. The molecule has 0 bridgehead atoms. The number of carbonyl (C=O) groups is 2. The van der Waals surface area contributed by atoms with Gasteiger partial charge in [-0.15, -0.1) is 5.10 Å². The van der Waals surface area contributed by atoms with Crippen molar-refractivity contribution in [2.75, 3.05) is 28.3 Å². The second-order valence-corrected chi connectivity index (χ2v) is 6.42. The SMILES string of the molecule is COc1ccc(-n2nnc3c(=O)n(C(C(C)=O)C(=O)N(C)C)cnc32)cc1OC. The second-order valence-electron chi connectivity index (χ2n) is 6.42. The standard InChI is InChI=1S/C18H20N6O5/c1-10(25)15(18(27)22(2)3)23-9-19-16-14(17(23)26)20-21-24(16)11-6-7-12(28-4)13(8-11)29-5/h6-9,15H,1-5H3. The Bertz CT molecular complexity index is 1150. The molecule has 0 saturated heterocycles. The molecule has 152 valence electrons. The minimum atomic E-state index is -1.32. The normalized spacial score (nSPS) is 11.9. The molecule has 1 unspecified atom stereocenters. The highest BCUT2D eigenvalue weighted by atomic mass is 16.5. The molecule has 0 N–H and O–H groups in total. The molecule has 1 atom stereocenters. The summed E-state index contributed by atoms with van der Waals surface area (Å²) in [5, 5.41) is 7.90. The lowest BCUT2D eigenvalue weighted by Crippen LogP contribution is -2.40. The molecular formula is C18H20N6O5. The maximum absolute atomic E-state index is 12.9. The minimum Gasteiger partial charge on any atom is -0.493 e. The molecule has 11 heteroatoms. The highest BCUT2D eigenvalue weighted by Gasteiger charge is 2.29. The molecule has 29 heavy (non-hydrogen) atoms. The van der Waals surface area contributed by atoms with Crippen LogP contribution < -0.4 is 15.0 Å². The van der Waals surface area contributed by atoms with E-state index in [9.17, 15) is 14.4 Å². The Labute approximate surface area is 165 Å². The molecule has 0 aliphatic heterocycles. The Hall–Kier alpha value is -3.76. The molecule has 2 aromatic heterocycles. The van der Waals surface area contributed by atoms with Crippen LogP contribution in [0.4, 0.5) is 0 Å². The summed E-state index contributed by atoms with van der Waals surface area (Å²) >= 11 is 0. The molecule has 0 fully saturated rings. The molecule has 0 spiro atoms. The summed E-state index contributed by atoms with van der Waals surface area (Å²) in [7, 11) is 6.03. The number of aromatic nitrogens is 5. The number of ketones is 1. The highest BCUT2D eigenvalue weighted by molar-refractivity contribution is 6.02. The van der Waals surface area contributed by atoms with Crippen molar-refractivity contribution in [1.82, 2.24) is 29.4 Å². The Morgan fingerprint density at radius 2 is 1.83 bits per heavy atom. The lowest BCUT2D eigenvalue weighted by molar-refractivity contribution is -0.137. The number of hydrogen-bond donors (Lipinski definition) is 0. The van der Waals surface area contributed by atoms with Crippen molar-refractivity contribution in [3.63, 3.8) is 0 Å². The third-order valence-corrected chi connectivity index (χ3v) is 4.34. The van der Waals surface area contributed by atoms with Gasteiger partial charge in [0.15, 0.2) is 34.5 Å². The number of fused-ring (bicyclic) bond motifs is 1. The van der Waals surface area contributed by atoms with Crippen molar-refractivity contribution in [3.8, 4) is 17.2 Å². The first kappa shape index (κ1) is 20.0. The monoisotopic (exact) mass is 400 g/mol. The fourth-order valence-electron chi connectivity index (χ4n) is 2.87. The van der Waals surface area contributed by atoms with Gasteiger partial charge in [0.1, 0.15) is 6.33 Å². The van der Waals surface area contributed by atoms with Crippen LogP contribution >= 0.6 is 0 Å². The lowest BCUT2D eigenvalue weighted by Gasteiger charge is -2.19. The van der Waals surface area contributed by atoms with E-state index in [1.54, 1.807) is 18.2 Å². The largest absolute Gasteiger partial charge is 0.493 e. The summed E-state index contributed by atoms with van der Waals surface area (Å²) < 4.78 is 12.8. The number of Topliss-reactive ketones (excluding diaryl/α,β-unsaturated/α-hetero) is 1. The Kier molecular flexibility index (Phi) is 5.31. The Morgan fingerprint density at radius 1 is 1.14 bits per heavy atom. The van der Waals surface area contributed by atoms with Gasteiger partial charge in [0.05, 0.1) is 19.9 Å². The summed E-state index contributed by atoms with van der Waals surface area (Å²) in [4.78, 5) is 42.8. The van der Waals surface area contributed by atoms with E-state index in [1.807, 2.05) is 0 Å². The second kappa shape index (κ2) is 7.70. The Balaban J connectivity index is 2.15. The van der Waals surface area contributed by atoms with Crippen LogP contribution in [0.25, 0.3) is 16.9 Å². The number of methoxy groups -OCH3 is 2. The average molecular weight is 400 g/mol. The van der Waals surface area contributed by atoms with Gasteiger partial charge in [-0.2, -0.15) is 4.68 Å². The van der Waals surface area contributed by atoms with E-state index in [1.165, 1.54) is 44.8 Å². The van der Waals surface area contributed by atoms with E-state index in [0.717, 1.165) is 10.9 Å². The van der Waals surface area contributed by atoms with Crippen LogP contribution in [0.2, 0.25) is 0 Å². The first-order valence-electron chi connectivity index (χ1n) is 8.56. The van der Waals surface area contributed by atoms with Crippen LogP contribution in [0.15, 0.2) is 29.3 Å². The van der Waals surface area contributed by atoms with E-state index in [0.29, 0.717) is 17.2 Å². The van der Waals surface area contributed by atoms with Crippen molar-refractivity contribution in [3.05, 3.63) is 34.9 Å². The topological polar surface area (TPSA) is 121 Å². The van der Waals surface area contributed by atoms with Crippen LogP contribution in [0.1, 0.15) is 13.0 Å². The third kappa shape index (κ3) is 3.42. The minimum absolute atomic E-state index is 0.0694. The van der Waals surface area contributed by atoms with Gasteiger partial charge in [0.2, 0.25) is 0 Å². The average Bonchev–Trinajstić information content (AvgIpc) is 3.13. The number of nitrogens with zero attached hydrogens (tertiary/aromatic N) is 6. The van der Waals surface area contributed by atoms with Crippen LogP contribution in [0.3, 0.4) is 0 Å². The van der Waals surface area contributed by atoms with Gasteiger partial charge in [-0.1, -0.05) is 5.21 Å². The van der Waals surface area contributed by atoms with E-state index < -0.39 is 23.3 Å². The molecule has 0 radical (unpaired) electrons. The van der Waals surface area contributed by atoms with E-state index >= 15 is 0 Å². The quantitative estimate of drug-likeness (QED) is 0.539. The van der Waals surface area contributed by atoms with Crippen molar-refractivity contribution in [1.29, 1.82) is 0 Å². The molecule has 0 aliphatic carbocycles. The van der Waals surface area contributed by atoms with Gasteiger partial charge in [-0.3, -0.25) is 19.0 Å². The lowest BCUT2D eigenvalue weighted by atomic mass is 10.2. The predicted octanol–water partition coefficient (Wildman–Crippen LogP) is 0.213. The zero-order valence-electron chi connectivity index (χ0n) is 16.6. The predicted molar refractivity (Wildman–Crippen MR) is 102 cm³/mol. The number of ether oxygens (including phenoxy) is 2. The maximum atomic E-state index is 12.9. The van der Waals surface area contributed by atoms with Gasteiger partial charge >= 0.3 is 0 Å². The molecule has 2 heterocycles. The van der Waals surface area contributed by atoms with Gasteiger partial charge in [0.25, 0.3) is 11.5 Å². The molecule has 1 amide bonds. The highest BCUT2D eigenvalue weighted by Crippen LogP contribution is 2.29. The summed E-state index contributed by atoms with van der Waals surface area (Å²) in [5.74, 6) is -0.0232. The van der Waals surface area contributed by atoms with Crippen LogP contribution in [-0.2, 0) is 9.59 Å². The fourth-order valence-corrected chi connectivity index (χ4v) is 2.87. The van der Waals surface area contributed by atoms with Crippen molar-refractivity contribution >= 4 is 22.9 Å². The smallest absolute Gasteiger partial charge is 0.284 e. The molecule has 3 rings (SSSR count). The van der Waals surface area contributed by atoms with Crippen LogP contribution in [0.5, 0.6) is 11.5 Å². The number of benzene rings is 1. The molecule has 1 aromatic carbocycles. The van der Waals surface area contributed by atoms with E-state index in [2.05, 4.69) is 15.3 Å². The molecule has 11 nitrogen and oxygen atoms in total. The summed E-state index contributed by atoms with van der Waals surface area (Å²) in [5.41, 5.74) is 0.0116. The molecule has 0 saturated carbocycles. The molecular weight excluding hydrogens is 380 g/mol. The summed E-state index contributed by atoms with van der Waals surface area (Å²) in [6.07, 6.45) is 1.15.